The Morgan fingerprint density at radius 3 is 2.16 bits per heavy atom. The summed E-state index contributed by atoms with van der Waals surface area (Å²) in [6.07, 6.45) is 5.35. The molecule has 7 heteroatoms. The molecule has 2 saturated heterocycles. The summed E-state index contributed by atoms with van der Waals surface area (Å²) in [5, 5.41) is 2.79. The second-order valence-electron chi connectivity index (χ2n) is 6.81. The number of anilines is 2. The fourth-order valence-electron chi connectivity index (χ4n) is 3.45. The van der Waals surface area contributed by atoms with Gasteiger partial charge in [0, 0.05) is 44.0 Å². The molecule has 138 valence electrons. The number of hydrogen-bond donors (Lipinski definition) is 1. The third kappa shape index (κ3) is 4.95. The van der Waals surface area contributed by atoms with Gasteiger partial charge in [-0.3, -0.25) is 4.79 Å². The van der Waals surface area contributed by atoms with E-state index in [0.29, 0.717) is 18.8 Å². The number of amides is 1. The first-order chi connectivity index (χ1) is 12.0. The van der Waals surface area contributed by atoms with Crippen molar-refractivity contribution in [1.82, 2.24) is 4.31 Å². The Hall–Kier alpha value is -1.60. The first-order valence-corrected chi connectivity index (χ1v) is 10.8. The van der Waals surface area contributed by atoms with Crippen molar-refractivity contribution >= 4 is 27.3 Å². The van der Waals surface area contributed by atoms with Crippen molar-refractivity contribution in [3.8, 4) is 0 Å². The third-order valence-corrected chi connectivity index (χ3v) is 6.79. The van der Waals surface area contributed by atoms with Gasteiger partial charge in [0.2, 0.25) is 15.9 Å². The number of nitrogens with one attached hydrogen (secondary N) is 1. The van der Waals surface area contributed by atoms with Crippen molar-refractivity contribution in [2.24, 2.45) is 0 Å². The van der Waals surface area contributed by atoms with E-state index in [0.717, 1.165) is 32.4 Å². The van der Waals surface area contributed by atoms with Crippen LogP contribution in [-0.4, -0.2) is 50.6 Å². The summed E-state index contributed by atoms with van der Waals surface area (Å²) in [4.78, 5) is 14.4. The molecule has 0 atom stereocenters. The molecule has 0 aromatic heterocycles. The second-order valence-corrected chi connectivity index (χ2v) is 8.90. The number of carbonyl (C=O) groups is 1. The molecule has 0 radical (unpaired) electrons. The van der Waals surface area contributed by atoms with Gasteiger partial charge in [0.25, 0.3) is 0 Å². The predicted octanol–water partition coefficient (Wildman–Crippen LogP) is 2.43. The van der Waals surface area contributed by atoms with Crippen molar-refractivity contribution in [3.05, 3.63) is 24.3 Å². The molecule has 1 N–H and O–H groups in total. The Bertz CT molecular complexity index is 676. The van der Waals surface area contributed by atoms with Gasteiger partial charge in [-0.2, -0.15) is 0 Å². The first-order valence-electron chi connectivity index (χ1n) is 9.17. The van der Waals surface area contributed by atoms with E-state index in [9.17, 15) is 13.2 Å². The number of carbonyl (C=O) groups excluding carboxylic acids is 1. The van der Waals surface area contributed by atoms with Crippen LogP contribution in [0.1, 0.15) is 38.5 Å². The molecular formula is C18H27N3O3S. The normalized spacial score (nSPS) is 19.1. The van der Waals surface area contributed by atoms with Crippen LogP contribution in [0.5, 0.6) is 0 Å². The molecule has 3 rings (SSSR count). The molecule has 0 saturated carbocycles. The van der Waals surface area contributed by atoms with Crippen LogP contribution in [0, 0.1) is 0 Å². The van der Waals surface area contributed by atoms with Crippen molar-refractivity contribution in [2.75, 3.05) is 42.1 Å². The van der Waals surface area contributed by atoms with Gasteiger partial charge in [-0.25, -0.2) is 12.7 Å². The molecule has 2 aliphatic heterocycles. The van der Waals surface area contributed by atoms with E-state index in [1.807, 2.05) is 24.3 Å². The highest BCUT2D eigenvalue weighted by Crippen LogP contribution is 2.22. The lowest BCUT2D eigenvalue weighted by molar-refractivity contribution is -0.115. The maximum Gasteiger partial charge on any atom is 0.225 e. The van der Waals surface area contributed by atoms with Gasteiger partial charge in [-0.05, 0) is 49.9 Å². The number of sulfonamides is 1. The van der Waals surface area contributed by atoms with Gasteiger partial charge in [-0.15, -0.1) is 0 Å². The number of benzene rings is 1. The minimum atomic E-state index is -3.32. The summed E-state index contributed by atoms with van der Waals surface area (Å²) in [6.45, 7) is 3.34. The predicted molar refractivity (Wildman–Crippen MR) is 100 cm³/mol. The van der Waals surface area contributed by atoms with Crippen molar-refractivity contribution in [2.45, 2.75) is 38.5 Å². The molecule has 2 heterocycles. The van der Waals surface area contributed by atoms with E-state index in [2.05, 4.69) is 10.2 Å². The van der Waals surface area contributed by atoms with Crippen LogP contribution in [0.3, 0.4) is 0 Å². The standard InChI is InChI=1S/C18H27N3O3S/c22-18(10-15-25(23,24)21-13-2-1-3-14-21)19-16-6-8-17(9-7-16)20-11-4-5-12-20/h6-9H,1-5,10-15H2,(H,19,22). The van der Waals surface area contributed by atoms with Gasteiger partial charge in [0.05, 0.1) is 5.75 Å². The largest absolute Gasteiger partial charge is 0.372 e. The molecule has 6 nitrogen and oxygen atoms in total. The summed E-state index contributed by atoms with van der Waals surface area (Å²) in [6, 6.07) is 7.77. The highest BCUT2D eigenvalue weighted by molar-refractivity contribution is 7.89. The van der Waals surface area contributed by atoms with Crippen molar-refractivity contribution < 1.29 is 13.2 Å². The summed E-state index contributed by atoms with van der Waals surface area (Å²) >= 11 is 0. The number of piperidine rings is 1. The van der Waals surface area contributed by atoms with Crippen LogP contribution < -0.4 is 10.2 Å². The lowest BCUT2D eigenvalue weighted by atomic mass is 10.2. The SMILES string of the molecule is O=C(CCS(=O)(=O)N1CCCCC1)Nc1ccc(N2CCCC2)cc1. The maximum atomic E-state index is 12.3. The van der Waals surface area contributed by atoms with Crippen LogP contribution in [-0.2, 0) is 14.8 Å². The third-order valence-electron chi connectivity index (χ3n) is 4.92. The second kappa shape index (κ2) is 8.19. The quantitative estimate of drug-likeness (QED) is 0.841. The van der Waals surface area contributed by atoms with E-state index in [1.165, 1.54) is 22.8 Å². The first kappa shape index (κ1) is 18.2. The maximum absolute atomic E-state index is 12.3. The van der Waals surface area contributed by atoms with Crippen LogP contribution >= 0.6 is 0 Å². The molecule has 25 heavy (non-hydrogen) atoms. The molecule has 1 aromatic rings. The van der Waals surface area contributed by atoms with Crippen molar-refractivity contribution in [3.63, 3.8) is 0 Å². The van der Waals surface area contributed by atoms with Crippen LogP contribution in [0.2, 0.25) is 0 Å². The molecule has 0 unspecified atom stereocenters. The summed E-state index contributed by atoms with van der Waals surface area (Å²) in [5.41, 5.74) is 1.88. The van der Waals surface area contributed by atoms with E-state index in [4.69, 9.17) is 0 Å². The zero-order valence-corrected chi connectivity index (χ0v) is 15.4. The minimum Gasteiger partial charge on any atom is -0.372 e. The van der Waals surface area contributed by atoms with E-state index >= 15 is 0 Å². The van der Waals surface area contributed by atoms with Gasteiger partial charge < -0.3 is 10.2 Å². The Morgan fingerprint density at radius 1 is 0.920 bits per heavy atom. The van der Waals surface area contributed by atoms with Gasteiger partial charge >= 0.3 is 0 Å². The van der Waals surface area contributed by atoms with Crippen LogP contribution in [0.4, 0.5) is 11.4 Å². The monoisotopic (exact) mass is 365 g/mol. The Labute approximate surface area is 150 Å². The highest BCUT2D eigenvalue weighted by Gasteiger charge is 2.24. The zero-order valence-electron chi connectivity index (χ0n) is 14.6. The average molecular weight is 365 g/mol. The molecule has 0 spiro atoms. The molecule has 0 bridgehead atoms. The Morgan fingerprint density at radius 2 is 1.52 bits per heavy atom. The van der Waals surface area contributed by atoms with Gasteiger partial charge in [-0.1, -0.05) is 6.42 Å². The molecule has 2 aliphatic rings. The summed E-state index contributed by atoms with van der Waals surface area (Å²) in [5.74, 6) is -0.375. The summed E-state index contributed by atoms with van der Waals surface area (Å²) in [7, 11) is -3.32. The average Bonchev–Trinajstić information content (AvgIpc) is 3.16. The zero-order chi connectivity index (χ0) is 17.7. The van der Waals surface area contributed by atoms with Gasteiger partial charge in [0.15, 0.2) is 0 Å². The lowest BCUT2D eigenvalue weighted by Gasteiger charge is -2.25. The molecule has 1 aromatic carbocycles. The number of rotatable bonds is 6. The fourth-order valence-corrected chi connectivity index (χ4v) is 4.96. The number of nitrogens with zero attached hydrogens (tertiary/aromatic N) is 2. The van der Waals surface area contributed by atoms with Crippen LogP contribution in [0.15, 0.2) is 24.3 Å². The highest BCUT2D eigenvalue weighted by atomic mass is 32.2. The smallest absolute Gasteiger partial charge is 0.225 e. The molecule has 0 aliphatic carbocycles. The topological polar surface area (TPSA) is 69.7 Å². The van der Waals surface area contributed by atoms with E-state index in [-0.39, 0.29) is 18.1 Å². The Kier molecular flexibility index (Phi) is 5.96. The fraction of sp³-hybridized carbons (Fsp3) is 0.611. The van der Waals surface area contributed by atoms with Crippen molar-refractivity contribution in [1.29, 1.82) is 0 Å². The van der Waals surface area contributed by atoms with E-state index < -0.39 is 10.0 Å². The number of hydrogen-bond acceptors (Lipinski definition) is 4. The summed E-state index contributed by atoms with van der Waals surface area (Å²) < 4.78 is 26.1. The molecular weight excluding hydrogens is 338 g/mol. The molecule has 1 amide bonds. The Balaban J connectivity index is 1.48. The minimum absolute atomic E-state index is 0.00723. The van der Waals surface area contributed by atoms with E-state index in [1.54, 1.807) is 0 Å². The van der Waals surface area contributed by atoms with Gasteiger partial charge in [0.1, 0.15) is 0 Å². The van der Waals surface area contributed by atoms with Crippen LogP contribution in [0.25, 0.3) is 0 Å². The lowest BCUT2D eigenvalue weighted by Crippen LogP contribution is -2.37. The molecule has 2 fully saturated rings.